The summed E-state index contributed by atoms with van der Waals surface area (Å²) >= 11 is 0. The summed E-state index contributed by atoms with van der Waals surface area (Å²) in [5, 5.41) is 2.08. The summed E-state index contributed by atoms with van der Waals surface area (Å²) < 4.78 is 35.6. The summed E-state index contributed by atoms with van der Waals surface area (Å²) in [6.07, 6.45) is 2.62. The molecule has 1 aliphatic rings. The molecule has 1 heterocycles. The molecule has 10 heteroatoms. The van der Waals surface area contributed by atoms with Crippen LogP contribution in [0.15, 0.2) is 65.6 Å². The van der Waals surface area contributed by atoms with Crippen molar-refractivity contribution in [2.24, 2.45) is 0 Å². The van der Waals surface area contributed by atoms with Gasteiger partial charge in [0.1, 0.15) is 10.5 Å². The highest BCUT2D eigenvalue weighted by Crippen LogP contribution is 2.32. The fourth-order valence-electron chi connectivity index (χ4n) is 2.87. The Morgan fingerprint density at radius 3 is 2.38 bits per heavy atom. The largest absolute Gasteiger partial charge is 0.493 e. The van der Waals surface area contributed by atoms with Crippen molar-refractivity contribution in [1.29, 1.82) is 0 Å². The molecule has 0 bridgehead atoms. The van der Waals surface area contributed by atoms with E-state index in [4.69, 9.17) is 8.92 Å². The Kier molecular flexibility index (Phi) is 6.45. The molecule has 1 N–H and O–H groups in total. The fourth-order valence-corrected chi connectivity index (χ4v) is 3.81. The topological polar surface area (TPSA) is 119 Å². The molecule has 2 aromatic rings. The lowest BCUT2D eigenvalue weighted by molar-refractivity contribution is -0.129. The normalized spacial score (nSPS) is 15.5. The summed E-state index contributed by atoms with van der Waals surface area (Å²) in [4.78, 5) is 37.3. The summed E-state index contributed by atoms with van der Waals surface area (Å²) in [7, 11) is -2.79. The monoisotopic (exact) mass is 456 g/mol. The molecule has 0 saturated carbocycles. The number of hydrogen-bond acceptors (Lipinski definition) is 7. The SMILES string of the molecule is C=CCN1C(=O)NC(=O)/C(=C/c2ccc(OS(=O)(=O)c3ccc(C)cc3)c(OC)c2)C1=O. The number of carbonyl (C=O) groups excluding carboxylic acids is 3. The zero-order chi connectivity index (χ0) is 23.5. The van der Waals surface area contributed by atoms with Gasteiger partial charge in [0.15, 0.2) is 11.5 Å². The van der Waals surface area contributed by atoms with Gasteiger partial charge in [-0.2, -0.15) is 8.42 Å². The first-order chi connectivity index (χ1) is 15.2. The number of benzene rings is 2. The number of ether oxygens (including phenoxy) is 1. The maximum absolute atomic E-state index is 12.6. The van der Waals surface area contributed by atoms with Crippen molar-refractivity contribution in [3.63, 3.8) is 0 Å². The van der Waals surface area contributed by atoms with Crippen LogP contribution in [0.1, 0.15) is 11.1 Å². The molecule has 1 fully saturated rings. The molecule has 0 aromatic heterocycles. The number of barbiturate groups is 1. The average Bonchev–Trinajstić information content (AvgIpc) is 2.75. The summed E-state index contributed by atoms with van der Waals surface area (Å²) in [5.74, 6) is -1.63. The van der Waals surface area contributed by atoms with Gasteiger partial charge in [-0.15, -0.1) is 6.58 Å². The standard InChI is InChI=1S/C22H20N2O7S/c1-4-11-24-21(26)17(20(25)23-22(24)27)12-15-7-10-18(19(13-15)30-3)31-32(28,29)16-8-5-14(2)6-9-16/h4-10,12-13H,1,11H2,2-3H3,(H,23,25,27)/b17-12-. The van der Waals surface area contributed by atoms with Gasteiger partial charge in [0.25, 0.3) is 11.8 Å². The van der Waals surface area contributed by atoms with E-state index in [2.05, 4.69) is 11.9 Å². The van der Waals surface area contributed by atoms with Gasteiger partial charge in [-0.05, 0) is 42.8 Å². The Morgan fingerprint density at radius 2 is 1.75 bits per heavy atom. The Balaban J connectivity index is 1.92. The van der Waals surface area contributed by atoms with Crippen molar-refractivity contribution in [2.75, 3.05) is 13.7 Å². The van der Waals surface area contributed by atoms with E-state index in [0.717, 1.165) is 10.5 Å². The van der Waals surface area contributed by atoms with E-state index in [1.54, 1.807) is 12.1 Å². The van der Waals surface area contributed by atoms with E-state index < -0.39 is 28.0 Å². The first-order valence-electron chi connectivity index (χ1n) is 9.35. The molecule has 3 rings (SSSR count). The predicted octanol–water partition coefficient (Wildman–Crippen LogP) is 2.42. The number of nitrogens with zero attached hydrogens (tertiary/aromatic N) is 1. The summed E-state index contributed by atoms with van der Waals surface area (Å²) in [6.45, 7) is 5.25. The molecule has 2 aromatic carbocycles. The molecule has 1 saturated heterocycles. The molecular formula is C22H20N2O7S. The van der Waals surface area contributed by atoms with Crippen LogP contribution in [0.25, 0.3) is 6.08 Å². The molecule has 166 valence electrons. The Labute approximate surface area is 185 Å². The number of imide groups is 2. The van der Waals surface area contributed by atoms with Gasteiger partial charge in [-0.1, -0.05) is 29.8 Å². The second kappa shape index (κ2) is 9.06. The number of amides is 4. The van der Waals surface area contributed by atoms with E-state index in [1.807, 2.05) is 6.92 Å². The Morgan fingerprint density at radius 1 is 1.06 bits per heavy atom. The summed E-state index contributed by atoms with van der Waals surface area (Å²) in [6, 6.07) is 9.52. The molecule has 0 radical (unpaired) electrons. The molecule has 0 spiro atoms. The third-order valence-electron chi connectivity index (χ3n) is 4.51. The Hall–Kier alpha value is -3.92. The van der Waals surface area contributed by atoms with Gasteiger partial charge in [0, 0.05) is 6.54 Å². The highest BCUT2D eigenvalue weighted by Gasteiger charge is 2.35. The third kappa shape index (κ3) is 4.70. The number of carbonyl (C=O) groups is 3. The van der Waals surface area contributed by atoms with Gasteiger partial charge >= 0.3 is 16.1 Å². The van der Waals surface area contributed by atoms with Gasteiger partial charge in [0.05, 0.1) is 7.11 Å². The van der Waals surface area contributed by atoms with Crippen LogP contribution < -0.4 is 14.2 Å². The molecular weight excluding hydrogens is 436 g/mol. The second-order valence-corrected chi connectivity index (χ2v) is 8.33. The zero-order valence-electron chi connectivity index (χ0n) is 17.3. The van der Waals surface area contributed by atoms with Crippen molar-refractivity contribution in [1.82, 2.24) is 10.2 Å². The average molecular weight is 456 g/mol. The van der Waals surface area contributed by atoms with Crippen molar-refractivity contribution >= 4 is 34.0 Å². The minimum atomic E-state index is -4.11. The summed E-state index contributed by atoms with van der Waals surface area (Å²) in [5.41, 5.74) is 0.983. The molecule has 32 heavy (non-hydrogen) atoms. The highest BCUT2D eigenvalue weighted by atomic mass is 32.2. The van der Waals surface area contributed by atoms with Crippen LogP contribution >= 0.6 is 0 Å². The Bertz CT molecular complexity index is 1230. The predicted molar refractivity (Wildman–Crippen MR) is 115 cm³/mol. The number of rotatable bonds is 7. The lowest BCUT2D eigenvalue weighted by Crippen LogP contribution is -2.54. The van der Waals surface area contributed by atoms with Crippen LogP contribution in [0, 0.1) is 6.92 Å². The van der Waals surface area contributed by atoms with Gasteiger partial charge in [0.2, 0.25) is 0 Å². The van der Waals surface area contributed by atoms with Crippen LogP contribution in [0.5, 0.6) is 11.5 Å². The molecule has 1 aliphatic heterocycles. The lowest BCUT2D eigenvalue weighted by Gasteiger charge is -2.25. The minimum absolute atomic E-state index is 0.0206. The van der Waals surface area contributed by atoms with E-state index in [-0.39, 0.29) is 28.5 Å². The first kappa shape index (κ1) is 22.8. The maximum Gasteiger partial charge on any atom is 0.339 e. The number of aryl methyl sites for hydroxylation is 1. The van der Waals surface area contributed by atoms with Crippen molar-refractivity contribution < 1.29 is 31.7 Å². The van der Waals surface area contributed by atoms with E-state index in [0.29, 0.717) is 5.56 Å². The zero-order valence-corrected chi connectivity index (χ0v) is 18.1. The lowest BCUT2D eigenvalue weighted by atomic mass is 10.1. The van der Waals surface area contributed by atoms with E-state index >= 15 is 0 Å². The smallest absolute Gasteiger partial charge is 0.339 e. The number of urea groups is 1. The maximum atomic E-state index is 12.6. The van der Waals surface area contributed by atoms with Gasteiger partial charge in [-0.3, -0.25) is 19.8 Å². The van der Waals surface area contributed by atoms with Crippen molar-refractivity contribution in [2.45, 2.75) is 11.8 Å². The van der Waals surface area contributed by atoms with Gasteiger partial charge in [-0.25, -0.2) is 4.79 Å². The van der Waals surface area contributed by atoms with Crippen LogP contribution in [0.2, 0.25) is 0 Å². The fraction of sp³-hybridized carbons (Fsp3) is 0.136. The number of hydrogen-bond donors (Lipinski definition) is 1. The number of nitrogens with one attached hydrogen (secondary N) is 1. The third-order valence-corrected chi connectivity index (χ3v) is 5.75. The van der Waals surface area contributed by atoms with E-state index in [9.17, 15) is 22.8 Å². The quantitative estimate of drug-likeness (QED) is 0.294. The van der Waals surface area contributed by atoms with Crippen molar-refractivity contribution in [3.8, 4) is 11.5 Å². The molecule has 4 amide bonds. The van der Waals surface area contributed by atoms with Crippen molar-refractivity contribution in [3.05, 3.63) is 71.8 Å². The molecule has 0 aliphatic carbocycles. The molecule has 0 unspecified atom stereocenters. The highest BCUT2D eigenvalue weighted by molar-refractivity contribution is 7.87. The molecule has 9 nitrogen and oxygen atoms in total. The first-order valence-corrected chi connectivity index (χ1v) is 10.8. The minimum Gasteiger partial charge on any atom is -0.493 e. The van der Waals surface area contributed by atoms with Crippen LogP contribution in [0.3, 0.4) is 0 Å². The van der Waals surface area contributed by atoms with Gasteiger partial charge < -0.3 is 8.92 Å². The molecule has 0 atom stereocenters. The van der Waals surface area contributed by atoms with Crippen LogP contribution in [-0.2, 0) is 19.7 Å². The van der Waals surface area contributed by atoms with E-state index in [1.165, 1.54) is 49.6 Å². The van der Waals surface area contributed by atoms with Crippen LogP contribution in [-0.4, -0.2) is 44.8 Å². The van der Waals surface area contributed by atoms with Crippen LogP contribution in [0.4, 0.5) is 4.79 Å². The number of methoxy groups -OCH3 is 1. The second-order valence-electron chi connectivity index (χ2n) is 6.78.